The minimum Gasteiger partial charge on any atom is -0.354 e. The molecule has 0 aliphatic carbocycles. The van der Waals surface area contributed by atoms with Gasteiger partial charge in [-0.15, -0.1) is 0 Å². The van der Waals surface area contributed by atoms with Gasteiger partial charge in [-0.2, -0.15) is 21.6 Å². The van der Waals surface area contributed by atoms with Crippen molar-refractivity contribution in [1.82, 2.24) is 4.57 Å². The van der Waals surface area contributed by atoms with Gasteiger partial charge in [-0.3, -0.25) is 4.55 Å². The summed E-state index contributed by atoms with van der Waals surface area (Å²) in [7, 11) is -5.84. The Bertz CT molecular complexity index is 554. The smallest absolute Gasteiger partial charge is 0.354 e. The molecular formula is C17H30F3NO3S. The van der Waals surface area contributed by atoms with Crippen molar-refractivity contribution in [1.29, 1.82) is 0 Å². The number of aromatic nitrogens is 1. The number of alkyl halides is 3. The Morgan fingerprint density at radius 3 is 2.04 bits per heavy atom. The molecule has 1 aromatic rings. The highest BCUT2D eigenvalue weighted by Crippen LogP contribution is 2.20. The molecule has 0 unspecified atom stereocenters. The van der Waals surface area contributed by atoms with Crippen molar-refractivity contribution in [2.75, 3.05) is 0 Å². The maximum absolute atomic E-state index is 10.7. The van der Waals surface area contributed by atoms with E-state index in [9.17, 15) is 13.2 Å². The van der Waals surface area contributed by atoms with Crippen LogP contribution in [0.5, 0.6) is 0 Å². The predicted octanol–water partition coefficient (Wildman–Crippen LogP) is 5.59. The molecule has 0 amide bonds. The average molecular weight is 385 g/mol. The van der Waals surface area contributed by atoms with Crippen molar-refractivity contribution in [3.05, 3.63) is 24.0 Å². The first-order valence-corrected chi connectivity index (χ1v) is 10.2. The Morgan fingerprint density at radius 2 is 1.52 bits per heavy atom. The van der Waals surface area contributed by atoms with Crippen LogP contribution >= 0.6 is 0 Å². The Morgan fingerprint density at radius 1 is 1.00 bits per heavy atom. The molecule has 8 heteroatoms. The van der Waals surface area contributed by atoms with E-state index < -0.39 is 15.6 Å². The zero-order valence-corrected chi connectivity index (χ0v) is 15.9. The van der Waals surface area contributed by atoms with E-state index in [2.05, 4.69) is 36.9 Å². The first kappa shape index (κ1) is 24.0. The van der Waals surface area contributed by atoms with E-state index in [4.69, 9.17) is 13.0 Å². The van der Waals surface area contributed by atoms with Crippen molar-refractivity contribution in [2.45, 2.75) is 83.7 Å². The van der Waals surface area contributed by atoms with Crippen LogP contribution in [-0.4, -0.2) is 23.0 Å². The van der Waals surface area contributed by atoms with Crippen LogP contribution in [0.3, 0.4) is 0 Å². The summed E-state index contributed by atoms with van der Waals surface area (Å²) in [6.45, 7) is 5.74. The van der Waals surface area contributed by atoms with Crippen molar-refractivity contribution >= 4 is 10.1 Å². The second-order valence-electron chi connectivity index (χ2n) is 6.05. The maximum Gasteiger partial charge on any atom is 0.522 e. The normalized spacial score (nSPS) is 11.9. The highest BCUT2D eigenvalue weighted by atomic mass is 32.2. The van der Waals surface area contributed by atoms with Crippen molar-refractivity contribution in [2.24, 2.45) is 0 Å². The fraction of sp³-hybridized carbons (Fsp3) is 0.765. The van der Waals surface area contributed by atoms with Gasteiger partial charge in [0.2, 0.25) is 0 Å². The van der Waals surface area contributed by atoms with E-state index in [1.54, 1.807) is 0 Å². The molecule has 1 heterocycles. The van der Waals surface area contributed by atoms with E-state index in [-0.39, 0.29) is 0 Å². The molecule has 0 saturated carbocycles. The summed E-state index contributed by atoms with van der Waals surface area (Å²) in [6.07, 6.45) is 16.8. The Balaban J connectivity index is 0.000000609. The van der Waals surface area contributed by atoms with Crippen molar-refractivity contribution in [3.63, 3.8) is 0 Å². The second-order valence-corrected chi connectivity index (χ2v) is 7.46. The Labute approximate surface area is 149 Å². The van der Waals surface area contributed by atoms with Crippen LogP contribution in [-0.2, 0) is 23.1 Å². The molecule has 148 valence electrons. The molecule has 0 aromatic carbocycles. The summed E-state index contributed by atoms with van der Waals surface area (Å²) in [5.41, 5.74) is -4.02. The van der Waals surface area contributed by atoms with Crippen molar-refractivity contribution in [3.8, 4) is 0 Å². The van der Waals surface area contributed by atoms with Crippen LogP contribution < -0.4 is 0 Å². The predicted molar refractivity (Wildman–Crippen MR) is 94.0 cm³/mol. The molecule has 1 aromatic heterocycles. The third-order valence-corrected chi connectivity index (χ3v) is 4.28. The van der Waals surface area contributed by atoms with E-state index in [1.165, 1.54) is 69.9 Å². The largest absolute Gasteiger partial charge is 0.522 e. The molecule has 1 rings (SSSR count). The van der Waals surface area contributed by atoms with Gasteiger partial charge in [-0.1, -0.05) is 52.4 Å². The summed E-state index contributed by atoms with van der Waals surface area (Å²) < 4.78 is 59.9. The molecule has 0 aliphatic heterocycles. The van der Waals surface area contributed by atoms with Gasteiger partial charge in [0.05, 0.1) is 0 Å². The zero-order chi connectivity index (χ0) is 19.3. The number of hydrogen-bond acceptors (Lipinski definition) is 2. The summed E-state index contributed by atoms with van der Waals surface area (Å²) in [6, 6.07) is 2.28. The zero-order valence-electron chi connectivity index (χ0n) is 15.1. The molecule has 0 fully saturated rings. The van der Waals surface area contributed by atoms with E-state index in [1.807, 2.05) is 0 Å². The summed E-state index contributed by atoms with van der Waals surface area (Å²) in [4.78, 5) is 0. The summed E-state index contributed by atoms with van der Waals surface area (Å²) >= 11 is 0. The van der Waals surface area contributed by atoms with E-state index >= 15 is 0 Å². The lowest BCUT2D eigenvalue weighted by Crippen LogP contribution is -2.21. The fourth-order valence-corrected chi connectivity index (χ4v) is 2.23. The van der Waals surface area contributed by atoms with Gasteiger partial charge in [0.15, 0.2) is 0 Å². The molecule has 0 radical (unpaired) electrons. The topological polar surface area (TPSA) is 59.3 Å². The molecule has 4 nitrogen and oxygen atoms in total. The fourth-order valence-electron chi connectivity index (χ4n) is 2.23. The first-order chi connectivity index (χ1) is 11.6. The van der Waals surface area contributed by atoms with E-state index in [0.29, 0.717) is 0 Å². The number of halogens is 3. The molecule has 0 spiro atoms. The first-order valence-electron chi connectivity index (χ1n) is 8.80. The number of aryl methyl sites for hydroxylation is 2. The van der Waals surface area contributed by atoms with Crippen LogP contribution in [0, 0.1) is 0 Å². The average Bonchev–Trinajstić information content (AvgIpc) is 2.95. The minimum atomic E-state index is -5.84. The Hall–Kier alpha value is -1.02. The number of unbranched alkanes of at least 4 members (excludes halogenated alkanes) is 6. The minimum absolute atomic E-state index is 1.21. The molecule has 0 aliphatic rings. The lowest BCUT2D eigenvalue weighted by molar-refractivity contribution is -0.0510. The molecule has 0 bridgehead atoms. The highest BCUT2D eigenvalue weighted by molar-refractivity contribution is 7.86. The lowest BCUT2D eigenvalue weighted by Gasteiger charge is -2.03. The SMILES string of the molecule is CCCCCCCCn1ccc(CCCC)c1.O=S(=O)(O)C(F)(F)F. The molecule has 25 heavy (non-hydrogen) atoms. The van der Waals surface area contributed by atoms with Gasteiger partial charge in [0.1, 0.15) is 0 Å². The van der Waals surface area contributed by atoms with Crippen LogP contribution in [0.4, 0.5) is 13.2 Å². The number of hydrogen-bond donors (Lipinski definition) is 1. The summed E-state index contributed by atoms with van der Waals surface area (Å²) in [5.74, 6) is 0. The third-order valence-electron chi connectivity index (χ3n) is 3.69. The molecule has 0 atom stereocenters. The van der Waals surface area contributed by atoms with Crippen LogP contribution in [0.1, 0.15) is 70.8 Å². The maximum atomic E-state index is 10.7. The van der Waals surface area contributed by atoms with E-state index in [0.717, 1.165) is 0 Å². The lowest BCUT2D eigenvalue weighted by atomic mass is 10.1. The standard InChI is InChI=1S/C16H29N.CHF3O3S/c1-3-5-7-8-9-10-13-17-14-12-16(15-17)11-6-4-2;2-1(3,4)8(5,6)7/h12,14-15H,3-11,13H2,1-2H3;(H,5,6,7). The van der Waals surface area contributed by atoms with Gasteiger partial charge in [0.25, 0.3) is 0 Å². The number of rotatable bonds is 10. The molecular weight excluding hydrogens is 355 g/mol. The van der Waals surface area contributed by atoms with Gasteiger partial charge >= 0.3 is 15.6 Å². The van der Waals surface area contributed by atoms with Crippen LogP contribution in [0.25, 0.3) is 0 Å². The quantitative estimate of drug-likeness (QED) is 0.325. The van der Waals surface area contributed by atoms with Crippen LogP contribution in [0.2, 0.25) is 0 Å². The molecule has 0 saturated heterocycles. The summed E-state index contributed by atoms with van der Waals surface area (Å²) in [5, 5.41) is 0. The second kappa shape index (κ2) is 12.4. The highest BCUT2D eigenvalue weighted by Gasteiger charge is 2.44. The van der Waals surface area contributed by atoms with Gasteiger partial charge in [-0.05, 0) is 30.9 Å². The van der Waals surface area contributed by atoms with Crippen LogP contribution in [0.15, 0.2) is 18.5 Å². The number of nitrogens with zero attached hydrogens (tertiary/aromatic N) is 1. The van der Waals surface area contributed by atoms with Gasteiger partial charge in [0, 0.05) is 18.9 Å². The third kappa shape index (κ3) is 12.0. The van der Waals surface area contributed by atoms with Gasteiger partial charge in [-0.25, -0.2) is 0 Å². The molecule has 1 N–H and O–H groups in total. The van der Waals surface area contributed by atoms with Crippen molar-refractivity contribution < 1.29 is 26.1 Å². The van der Waals surface area contributed by atoms with Gasteiger partial charge < -0.3 is 4.57 Å². The Kier molecular flexibility index (Phi) is 11.8. The monoisotopic (exact) mass is 385 g/mol.